The summed E-state index contributed by atoms with van der Waals surface area (Å²) in [6.45, 7) is 0. The van der Waals surface area contributed by atoms with Crippen molar-refractivity contribution < 1.29 is 9.13 Å². The van der Waals surface area contributed by atoms with Crippen LogP contribution in [0.3, 0.4) is 0 Å². The molecule has 0 saturated carbocycles. The van der Waals surface area contributed by atoms with Crippen LogP contribution in [0.1, 0.15) is 5.56 Å². The summed E-state index contributed by atoms with van der Waals surface area (Å²) in [5, 5.41) is 0. The molecule has 4 heteroatoms. The van der Waals surface area contributed by atoms with E-state index in [9.17, 15) is 4.39 Å². The minimum atomic E-state index is -0.287. The van der Waals surface area contributed by atoms with E-state index >= 15 is 0 Å². The molecule has 3 aromatic rings. The molecule has 0 aliphatic carbocycles. The number of halogens is 1. The van der Waals surface area contributed by atoms with Crippen LogP contribution >= 0.6 is 0 Å². The second kappa shape index (κ2) is 6.26. The second-order valence-corrected chi connectivity index (χ2v) is 4.79. The Hall–Kier alpha value is -2.88. The van der Waals surface area contributed by atoms with Crippen LogP contribution in [-0.4, -0.2) is 17.9 Å². The van der Waals surface area contributed by atoms with Crippen LogP contribution in [0.4, 0.5) is 10.1 Å². The van der Waals surface area contributed by atoms with Crippen LogP contribution in [0, 0.1) is 5.82 Å². The van der Waals surface area contributed by atoms with Crippen LogP contribution < -0.4 is 4.74 Å². The predicted octanol–water partition coefficient (Wildman–Crippen LogP) is 4.38. The summed E-state index contributed by atoms with van der Waals surface area (Å²) in [4.78, 5) is 4.27. The summed E-state index contributed by atoms with van der Waals surface area (Å²) >= 11 is 0. The Labute approximate surface area is 128 Å². The van der Waals surface area contributed by atoms with Crippen molar-refractivity contribution in [1.29, 1.82) is 0 Å². The van der Waals surface area contributed by atoms with Crippen molar-refractivity contribution in [3.63, 3.8) is 0 Å². The number of methoxy groups -OCH3 is 1. The Morgan fingerprint density at radius 2 is 1.91 bits per heavy atom. The number of ether oxygens (including phenoxy) is 1. The van der Waals surface area contributed by atoms with Gasteiger partial charge >= 0.3 is 0 Å². The topological polar surface area (TPSA) is 26.5 Å². The van der Waals surface area contributed by atoms with E-state index < -0.39 is 0 Å². The largest absolute Gasteiger partial charge is 0.497 e. The second-order valence-electron chi connectivity index (χ2n) is 4.79. The first-order valence-corrected chi connectivity index (χ1v) is 6.87. The van der Waals surface area contributed by atoms with Gasteiger partial charge in [-0.3, -0.25) is 4.99 Å². The van der Waals surface area contributed by atoms with E-state index in [1.807, 2.05) is 47.3 Å². The molecule has 1 heterocycles. The molecule has 110 valence electrons. The number of benzene rings is 2. The molecule has 0 aliphatic heterocycles. The van der Waals surface area contributed by atoms with E-state index in [1.165, 1.54) is 12.1 Å². The summed E-state index contributed by atoms with van der Waals surface area (Å²) in [6.07, 6.45) is 5.63. The van der Waals surface area contributed by atoms with Crippen LogP contribution in [-0.2, 0) is 0 Å². The highest BCUT2D eigenvalue weighted by atomic mass is 19.1. The fourth-order valence-electron chi connectivity index (χ4n) is 2.11. The minimum absolute atomic E-state index is 0.287. The maximum absolute atomic E-state index is 13.1. The highest BCUT2D eigenvalue weighted by Crippen LogP contribution is 2.16. The van der Waals surface area contributed by atoms with E-state index in [0.29, 0.717) is 5.69 Å². The normalized spacial score (nSPS) is 11.0. The zero-order valence-corrected chi connectivity index (χ0v) is 12.1. The third-order valence-corrected chi connectivity index (χ3v) is 3.26. The summed E-state index contributed by atoms with van der Waals surface area (Å²) < 4.78 is 20.2. The molecule has 0 N–H and O–H groups in total. The number of hydrogen-bond donors (Lipinski definition) is 0. The van der Waals surface area contributed by atoms with Crippen molar-refractivity contribution in [3.8, 4) is 11.4 Å². The van der Waals surface area contributed by atoms with Gasteiger partial charge < -0.3 is 9.30 Å². The van der Waals surface area contributed by atoms with Crippen LogP contribution in [0.25, 0.3) is 5.69 Å². The summed E-state index contributed by atoms with van der Waals surface area (Å²) in [5.74, 6) is 0.536. The van der Waals surface area contributed by atoms with Crippen molar-refractivity contribution in [3.05, 3.63) is 78.4 Å². The third kappa shape index (κ3) is 3.23. The summed E-state index contributed by atoms with van der Waals surface area (Å²) in [6, 6.07) is 15.9. The van der Waals surface area contributed by atoms with E-state index in [1.54, 1.807) is 25.5 Å². The van der Waals surface area contributed by atoms with Crippen molar-refractivity contribution in [1.82, 2.24) is 4.57 Å². The molecule has 0 aliphatic rings. The van der Waals surface area contributed by atoms with Gasteiger partial charge in [-0.2, -0.15) is 0 Å². The monoisotopic (exact) mass is 294 g/mol. The standard InChI is InChI=1S/C18H15FN2O/c1-22-18-7-5-17(6-8-18)21-10-9-14(13-21)12-20-16-4-2-3-15(19)11-16/h2-13H,1H3. The Morgan fingerprint density at radius 3 is 2.64 bits per heavy atom. The average Bonchev–Trinajstić information content (AvgIpc) is 3.02. The zero-order chi connectivity index (χ0) is 15.4. The molecule has 0 unspecified atom stereocenters. The van der Waals surface area contributed by atoms with E-state index in [4.69, 9.17) is 4.74 Å². The molecule has 22 heavy (non-hydrogen) atoms. The number of aromatic nitrogens is 1. The Kier molecular flexibility index (Phi) is 4.01. The number of nitrogens with zero attached hydrogens (tertiary/aromatic N) is 2. The van der Waals surface area contributed by atoms with Crippen molar-refractivity contribution in [2.75, 3.05) is 7.11 Å². The van der Waals surface area contributed by atoms with Gasteiger partial charge in [0, 0.05) is 29.9 Å². The quantitative estimate of drug-likeness (QED) is 0.656. The van der Waals surface area contributed by atoms with Gasteiger partial charge in [0.1, 0.15) is 11.6 Å². The molecule has 2 aromatic carbocycles. The third-order valence-electron chi connectivity index (χ3n) is 3.26. The maximum Gasteiger partial charge on any atom is 0.125 e. The molecule has 0 fully saturated rings. The predicted molar refractivity (Wildman–Crippen MR) is 86.0 cm³/mol. The lowest BCUT2D eigenvalue weighted by molar-refractivity contribution is 0.415. The molecule has 0 saturated heterocycles. The highest BCUT2D eigenvalue weighted by molar-refractivity contribution is 5.81. The SMILES string of the molecule is COc1ccc(-n2ccc(C=Nc3cccc(F)c3)c2)cc1. The van der Waals surface area contributed by atoms with Gasteiger partial charge in [-0.15, -0.1) is 0 Å². The first-order valence-electron chi connectivity index (χ1n) is 6.87. The van der Waals surface area contributed by atoms with Gasteiger partial charge in [-0.1, -0.05) is 6.07 Å². The number of hydrogen-bond acceptors (Lipinski definition) is 2. The van der Waals surface area contributed by atoms with Crippen molar-refractivity contribution in [2.24, 2.45) is 4.99 Å². The Bertz CT molecular complexity index is 791. The molecule has 0 amide bonds. The highest BCUT2D eigenvalue weighted by Gasteiger charge is 1.99. The molecule has 3 nitrogen and oxygen atoms in total. The van der Waals surface area contributed by atoms with Gasteiger partial charge in [0.15, 0.2) is 0 Å². The van der Waals surface area contributed by atoms with Gasteiger partial charge in [0.2, 0.25) is 0 Å². The van der Waals surface area contributed by atoms with Gasteiger partial charge in [0.25, 0.3) is 0 Å². The molecule has 0 spiro atoms. The lowest BCUT2D eigenvalue weighted by Crippen LogP contribution is -1.90. The fourth-order valence-corrected chi connectivity index (χ4v) is 2.11. The number of rotatable bonds is 4. The minimum Gasteiger partial charge on any atom is -0.497 e. The van der Waals surface area contributed by atoms with Gasteiger partial charge in [-0.05, 0) is 48.5 Å². The van der Waals surface area contributed by atoms with Gasteiger partial charge in [-0.25, -0.2) is 4.39 Å². The molecule has 0 atom stereocenters. The fraction of sp³-hybridized carbons (Fsp3) is 0.0556. The molecular formula is C18H15FN2O. The first-order chi connectivity index (χ1) is 10.7. The maximum atomic E-state index is 13.1. The Morgan fingerprint density at radius 1 is 1.09 bits per heavy atom. The van der Waals surface area contributed by atoms with E-state index in [-0.39, 0.29) is 5.82 Å². The lowest BCUT2D eigenvalue weighted by Gasteiger charge is -2.04. The summed E-state index contributed by atoms with van der Waals surface area (Å²) in [7, 11) is 1.64. The Balaban J connectivity index is 1.78. The van der Waals surface area contributed by atoms with Crippen LogP contribution in [0.2, 0.25) is 0 Å². The zero-order valence-electron chi connectivity index (χ0n) is 12.1. The molecule has 0 radical (unpaired) electrons. The molecule has 1 aromatic heterocycles. The number of aliphatic imine (C=N–C) groups is 1. The van der Waals surface area contributed by atoms with E-state index in [0.717, 1.165) is 17.0 Å². The lowest BCUT2D eigenvalue weighted by atomic mass is 10.3. The van der Waals surface area contributed by atoms with Crippen molar-refractivity contribution >= 4 is 11.9 Å². The molecule has 0 bridgehead atoms. The molecule has 3 rings (SSSR count). The first kappa shape index (κ1) is 14.1. The van der Waals surface area contributed by atoms with Crippen LogP contribution in [0.15, 0.2) is 72.0 Å². The van der Waals surface area contributed by atoms with E-state index in [2.05, 4.69) is 4.99 Å². The summed E-state index contributed by atoms with van der Waals surface area (Å²) in [5.41, 5.74) is 2.57. The molecular weight excluding hydrogens is 279 g/mol. The van der Waals surface area contributed by atoms with Gasteiger partial charge in [0.05, 0.1) is 12.8 Å². The van der Waals surface area contributed by atoms with Crippen molar-refractivity contribution in [2.45, 2.75) is 0 Å². The smallest absolute Gasteiger partial charge is 0.125 e. The van der Waals surface area contributed by atoms with Crippen LogP contribution in [0.5, 0.6) is 5.75 Å². The average molecular weight is 294 g/mol.